The Bertz CT molecular complexity index is 1340. The summed E-state index contributed by atoms with van der Waals surface area (Å²) in [7, 11) is 1.55. The summed E-state index contributed by atoms with van der Waals surface area (Å²) in [5.74, 6) is 5.80. The maximum absolute atomic E-state index is 12.5. The molecule has 1 amide bonds. The van der Waals surface area contributed by atoms with E-state index in [4.69, 9.17) is 16.6 Å². The van der Waals surface area contributed by atoms with Crippen LogP contribution in [0.2, 0.25) is 4.34 Å². The Morgan fingerprint density at radius 2 is 2.15 bits per heavy atom. The van der Waals surface area contributed by atoms with Gasteiger partial charge >= 0.3 is 0 Å². The van der Waals surface area contributed by atoms with Crippen LogP contribution in [-0.4, -0.2) is 56.0 Å². The quantitative estimate of drug-likeness (QED) is 0.423. The molecule has 3 heterocycles. The van der Waals surface area contributed by atoms with Crippen LogP contribution < -0.4 is 10.6 Å². The predicted molar refractivity (Wildman–Crippen MR) is 125 cm³/mol. The van der Waals surface area contributed by atoms with Crippen molar-refractivity contribution in [2.75, 3.05) is 12.4 Å². The maximum atomic E-state index is 12.5. The van der Waals surface area contributed by atoms with Crippen molar-refractivity contribution < 1.29 is 15.0 Å². The SMILES string of the molecule is CNC(=O)[C@@]12C[C@@H]1[C@@H](n1cnc3c(NC4CC4)cc(C#Cc4ccc(Cl)s4)nc31)[C@H](O)[C@@H]2O. The van der Waals surface area contributed by atoms with Crippen molar-refractivity contribution in [1.29, 1.82) is 0 Å². The van der Waals surface area contributed by atoms with Crippen LogP contribution in [0.1, 0.15) is 35.9 Å². The number of fused-ring (bicyclic) bond motifs is 2. The molecule has 0 bridgehead atoms. The molecule has 3 aromatic rings. The third-order valence-corrected chi connectivity index (χ3v) is 8.14. The summed E-state index contributed by atoms with van der Waals surface area (Å²) in [6.07, 6.45) is 2.13. The van der Waals surface area contributed by atoms with E-state index in [9.17, 15) is 15.0 Å². The zero-order valence-corrected chi connectivity index (χ0v) is 19.3. The monoisotopic (exact) mass is 483 g/mol. The van der Waals surface area contributed by atoms with Crippen LogP contribution in [0.5, 0.6) is 0 Å². The Kier molecular flexibility index (Phi) is 4.72. The van der Waals surface area contributed by atoms with Crippen molar-refractivity contribution in [2.24, 2.45) is 11.3 Å². The van der Waals surface area contributed by atoms with Gasteiger partial charge in [-0.2, -0.15) is 0 Å². The van der Waals surface area contributed by atoms with Gasteiger partial charge in [-0.05, 0) is 49.3 Å². The topological polar surface area (TPSA) is 112 Å². The van der Waals surface area contributed by atoms with Gasteiger partial charge in [0.2, 0.25) is 5.91 Å². The number of carbonyl (C=O) groups is 1. The van der Waals surface area contributed by atoms with Gasteiger partial charge in [-0.15, -0.1) is 11.3 Å². The molecule has 8 nitrogen and oxygen atoms in total. The summed E-state index contributed by atoms with van der Waals surface area (Å²) in [5, 5.41) is 27.8. The van der Waals surface area contributed by atoms with Crippen molar-refractivity contribution >= 4 is 45.7 Å². The Labute approximate surface area is 199 Å². The zero-order valence-electron chi connectivity index (χ0n) is 17.7. The summed E-state index contributed by atoms with van der Waals surface area (Å²) in [6.45, 7) is 0. The Morgan fingerprint density at radius 3 is 2.85 bits per heavy atom. The van der Waals surface area contributed by atoms with Gasteiger partial charge in [0.05, 0.1) is 38.8 Å². The number of imidazole rings is 1. The molecule has 0 aliphatic heterocycles. The Balaban J connectivity index is 1.43. The lowest BCUT2D eigenvalue weighted by Crippen LogP contribution is -2.41. The first-order valence-corrected chi connectivity index (χ1v) is 12.1. The molecule has 3 saturated carbocycles. The van der Waals surface area contributed by atoms with Crippen molar-refractivity contribution in [2.45, 2.75) is 43.6 Å². The van der Waals surface area contributed by atoms with E-state index in [1.165, 1.54) is 11.3 Å². The average molecular weight is 484 g/mol. The van der Waals surface area contributed by atoms with E-state index in [-0.39, 0.29) is 11.8 Å². The van der Waals surface area contributed by atoms with Crippen molar-refractivity contribution in [3.63, 3.8) is 0 Å². The van der Waals surface area contributed by atoms with Crippen molar-refractivity contribution in [3.05, 3.63) is 39.4 Å². The third kappa shape index (κ3) is 3.24. The molecule has 3 fully saturated rings. The van der Waals surface area contributed by atoms with Crippen LogP contribution in [0.3, 0.4) is 0 Å². The minimum absolute atomic E-state index is 0.190. The number of anilines is 1. The molecule has 0 saturated heterocycles. The smallest absolute Gasteiger partial charge is 0.229 e. The van der Waals surface area contributed by atoms with Crippen LogP contribution in [0.4, 0.5) is 5.69 Å². The normalized spacial score (nSPS) is 29.9. The highest BCUT2D eigenvalue weighted by molar-refractivity contribution is 7.16. The fourth-order valence-corrected chi connectivity index (χ4v) is 6.04. The molecule has 3 aliphatic rings. The number of pyridine rings is 1. The molecule has 6 rings (SSSR count). The second-order valence-corrected chi connectivity index (χ2v) is 10.7. The van der Waals surface area contributed by atoms with Gasteiger partial charge in [-0.3, -0.25) is 4.79 Å². The van der Waals surface area contributed by atoms with Crippen molar-refractivity contribution in [3.8, 4) is 11.8 Å². The van der Waals surface area contributed by atoms with Gasteiger partial charge in [0, 0.05) is 19.0 Å². The molecule has 10 heteroatoms. The van der Waals surface area contributed by atoms with Crippen LogP contribution >= 0.6 is 22.9 Å². The summed E-state index contributed by atoms with van der Waals surface area (Å²) >= 11 is 7.42. The van der Waals surface area contributed by atoms with Gasteiger partial charge in [0.1, 0.15) is 17.3 Å². The standard InChI is InChI=1S/C23H22ClN5O3S/c1-25-22(32)23-9-14(23)18(19(30)20(23)31)29-10-26-17-15(27-11-2-3-11)8-12(28-21(17)29)4-5-13-6-7-16(24)33-13/h6-8,10-11,14,18-20,30-31H,2-3,9H2,1H3,(H,25,32)(H,27,28)/t14-,18-,19+,20+,23+/m1/s1. The van der Waals surface area contributed by atoms with Crippen LogP contribution in [-0.2, 0) is 4.79 Å². The first-order valence-electron chi connectivity index (χ1n) is 10.9. The number of aliphatic hydroxyl groups excluding tert-OH is 2. The van der Waals surface area contributed by atoms with E-state index in [0.29, 0.717) is 33.7 Å². The minimum atomic E-state index is -1.14. The van der Waals surface area contributed by atoms with E-state index in [1.807, 2.05) is 18.2 Å². The molecule has 0 unspecified atom stereocenters. The lowest BCUT2D eigenvalue weighted by atomic mass is 9.98. The highest BCUT2D eigenvalue weighted by Gasteiger charge is 2.75. The second kappa shape index (κ2) is 7.43. The fourth-order valence-electron chi connectivity index (χ4n) is 5.14. The number of hydrogen-bond donors (Lipinski definition) is 4. The molecule has 170 valence electrons. The Morgan fingerprint density at radius 1 is 1.33 bits per heavy atom. The van der Waals surface area contributed by atoms with Gasteiger partial charge in [-0.25, -0.2) is 9.97 Å². The first kappa shape index (κ1) is 20.9. The zero-order chi connectivity index (χ0) is 22.9. The summed E-state index contributed by atoms with van der Waals surface area (Å²) < 4.78 is 2.48. The number of aliphatic hydroxyl groups is 2. The number of carbonyl (C=O) groups excluding carboxylic acids is 1. The lowest BCUT2D eigenvalue weighted by molar-refractivity contribution is -0.132. The van der Waals surface area contributed by atoms with Gasteiger partial charge in [-0.1, -0.05) is 11.6 Å². The number of hydrogen-bond acceptors (Lipinski definition) is 7. The van der Waals surface area contributed by atoms with Gasteiger partial charge in [0.25, 0.3) is 0 Å². The fraction of sp³-hybridized carbons (Fsp3) is 0.435. The summed E-state index contributed by atoms with van der Waals surface area (Å²) in [4.78, 5) is 22.7. The molecule has 33 heavy (non-hydrogen) atoms. The van der Waals surface area contributed by atoms with Crippen molar-refractivity contribution in [1.82, 2.24) is 19.9 Å². The van der Waals surface area contributed by atoms with E-state index >= 15 is 0 Å². The second-order valence-electron chi connectivity index (χ2n) is 9.01. The molecule has 3 aromatic heterocycles. The molecular weight excluding hydrogens is 462 g/mol. The van der Waals surface area contributed by atoms with Crippen LogP contribution in [0.25, 0.3) is 11.2 Å². The average Bonchev–Trinajstić information content (AvgIpc) is 3.66. The summed E-state index contributed by atoms with van der Waals surface area (Å²) in [5.41, 5.74) is 1.71. The molecule has 5 atom stereocenters. The first-order chi connectivity index (χ1) is 15.9. The number of rotatable bonds is 4. The molecular formula is C23H22ClN5O3S. The van der Waals surface area contributed by atoms with Gasteiger partial charge in [0.15, 0.2) is 5.65 Å². The number of aromatic nitrogens is 3. The minimum Gasteiger partial charge on any atom is -0.389 e. The van der Waals surface area contributed by atoms with Gasteiger partial charge < -0.3 is 25.4 Å². The van der Waals surface area contributed by atoms with E-state index in [1.54, 1.807) is 17.9 Å². The van der Waals surface area contributed by atoms with E-state index < -0.39 is 23.7 Å². The molecule has 0 spiro atoms. The van der Waals surface area contributed by atoms with E-state index in [0.717, 1.165) is 23.4 Å². The highest BCUT2D eigenvalue weighted by Crippen LogP contribution is 2.67. The molecule has 0 radical (unpaired) electrons. The highest BCUT2D eigenvalue weighted by atomic mass is 35.5. The molecule has 3 aliphatic carbocycles. The van der Waals surface area contributed by atoms with Crippen LogP contribution in [0, 0.1) is 23.2 Å². The Hall–Kier alpha value is -2.64. The molecule has 4 N–H and O–H groups in total. The third-order valence-electron chi connectivity index (χ3n) is 7.00. The maximum Gasteiger partial charge on any atom is 0.229 e. The van der Waals surface area contributed by atoms with E-state index in [2.05, 4.69) is 27.5 Å². The number of nitrogens with one attached hydrogen (secondary N) is 2. The summed E-state index contributed by atoms with van der Waals surface area (Å²) in [6, 6.07) is 5.48. The predicted octanol–water partition coefficient (Wildman–Crippen LogP) is 2.15. The lowest BCUT2D eigenvalue weighted by Gasteiger charge is -2.23. The largest absolute Gasteiger partial charge is 0.389 e. The number of nitrogens with zero attached hydrogens (tertiary/aromatic N) is 3. The molecule has 0 aromatic carbocycles. The number of amides is 1. The number of halogens is 1. The van der Waals surface area contributed by atoms with Crippen LogP contribution in [0.15, 0.2) is 24.5 Å². The number of thiophene rings is 1.